The highest BCUT2D eigenvalue weighted by atomic mass is 16.2. The van der Waals surface area contributed by atoms with Gasteiger partial charge in [-0.15, -0.1) is 0 Å². The lowest BCUT2D eigenvalue weighted by atomic mass is 9.94. The SMILES string of the molecule is CC(C)N1C(=O)/C(=C2/CC(=O)N(C3CCCCC3)C2=O)c2ccccc21. The fraction of sp³-hybridized carbons (Fsp3) is 0.476. The van der Waals surface area contributed by atoms with Crippen LogP contribution >= 0.6 is 0 Å². The van der Waals surface area contributed by atoms with E-state index in [1.54, 1.807) is 4.90 Å². The van der Waals surface area contributed by atoms with Crippen molar-refractivity contribution in [2.75, 3.05) is 4.90 Å². The van der Waals surface area contributed by atoms with E-state index in [-0.39, 0.29) is 36.2 Å². The predicted molar refractivity (Wildman–Crippen MR) is 99.3 cm³/mol. The van der Waals surface area contributed by atoms with Crippen molar-refractivity contribution in [2.45, 2.75) is 64.5 Å². The number of benzene rings is 1. The number of fused-ring (bicyclic) bond motifs is 1. The van der Waals surface area contributed by atoms with Crippen molar-refractivity contribution in [1.29, 1.82) is 0 Å². The first-order valence-corrected chi connectivity index (χ1v) is 9.53. The third-order valence-corrected chi connectivity index (χ3v) is 5.70. The second kappa shape index (κ2) is 6.38. The number of amides is 3. The number of carbonyl (C=O) groups excluding carboxylic acids is 3. The molecule has 3 aliphatic rings. The Bertz CT molecular complexity index is 818. The lowest BCUT2D eigenvalue weighted by Gasteiger charge is -2.29. The van der Waals surface area contributed by atoms with E-state index in [2.05, 4.69) is 0 Å². The number of hydrogen-bond acceptors (Lipinski definition) is 3. The molecule has 2 fully saturated rings. The van der Waals surface area contributed by atoms with Crippen LogP contribution in [-0.2, 0) is 14.4 Å². The monoisotopic (exact) mass is 352 g/mol. The second-order valence-corrected chi connectivity index (χ2v) is 7.68. The average molecular weight is 352 g/mol. The molecule has 0 atom stereocenters. The van der Waals surface area contributed by atoms with Crippen LogP contribution in [0.15, 0.2) is 29.8 Å². The number of carbonyl (C=O) groups is 3. The molecule has 2 aliphatic heterocycles. The number of para-hydroxylation sites is 1. The molecule has 1 aromatic carbocycles. The molecule has 4 rings (SSSR count). The molecule has 5 nitrogen and oxygen atoms in total. The number of anilines is 1. The van der Waals surface area contributed by atoms with Crippen LogP contribution in [-0.4, -0.2) is 34.7 Å². The normalized spacial score (nSPS) is 24.2. The van der Waals surface area contributed by atoms with E-state index < -0.39 is 0 Å². The van der Waals surface area contributed by atoms with E-state index in [0.717, 1.165) is 43.4 Å². The second-order valence-electron chi connectivity index (χ2n) is 7.68. The standard InChI is InChI=1S/C21H24N2O3/c1-13(2)22-17-11-7-6-10-15(17)19(21(22)26)16-12-18(24)23(20(16)25)14-8-4-3-5-9-14/h6-7,10-11,13-14H,3-5,8-9,12H2,1-2H3/b19-16-. The number of likely N-dealkylation sites (tertiary alicyclic amines) is 1. The Morgan fingerprint density at radius 3 is 2.35 bits per heavy atom. The highest BCUT2D eigenvalue weighted by molar-refractivity contribution is 6.38. The van der Waals surface area contributed by atoms with Crippen LogP contribution < -0.4 is 4.90 Å². The Morgan fingerprint density at radius 1 is 0.962 bits per heavy atom. The Kier molecular flexibility index (Phi) is 4.17. The van der Waals surface area contributed by atoms with Crippen LogP contribution in [0.5, 0.6) is 0 Å². The quantitative estimate of drug-likeness (QED) is 0.606. The first-order valence-electron chi connectivity index (χ1n) is 9.53. The predicted octanol–water partition coefficient (Wildman–Crippen LogP) is 3.29. The summed E-state index contributed by atoms with van der Waals surface area (Å²) in [5.41, 5.74) is 2.39. The van der Waals surface area contributed by atoms with Gasteiger partial charge in [0.15, 0.2) is 0 Å². The summed E-state index contributed by atoms with van der Waals surface area (Å²) in [4.78, 5) is 42.0. The molecule has 136 valence electrons. The van der Waals surface area contributed by atoms with Gasteiger partial charge < -0.3 is 4.90 Å². The van der Waals surface area contributed by atoms with Gasteiger partial charge >= 0.3 is 0 Å². The zero-order valence-corrected chi connectivity index (χ0v) is 15.3. The van der Waals surface area contributed by atoms with E-state index >= 15 is 0 Å². The molecular weight excluding hydrogens is 328 g/mol. The summed E-state index contributed by atoms with van der Waals surface area (Å²) in [6.07, 6.45) is 5.06. The van der Waals surface area contributed by atoms with Crippen LogP contribution in [0, 0.1) is 0 Å². The average Bonchev–Trinajstić information content (AvgIpc) is 3.08. The van der Waals surface area contributed by atoms with Crippen molar-refractivity contribution in [2.24, 2.45) is 0 Å². The van der Waals surface area contributed by atoms with Crippen LogP contribution in [0.3, 0.4) is 0 Å². The summed E-state index contributed by atoms with van der Waals surface area (Å²) in [5.74, 6) is -0.578. The Labute approximate surface area is 153 Å². The maximum atomic E-state index is 13.1. The molecule has 5 heteroatoms. The van der Waals surface area contributed by atoms with Gasteiger partial charge in [0.25, 0.3) is 11.8 Å². The van der Waals surface area contributed by atoms with E-state index in [4.69, 9.17) is 0 Å². The molecule has 3 amide bonds. The van der Waals surface area contributed by atoms with Crippen molar-refractivity contribution < 1.29 is 14.4 Å². The molecule has 0 radical (unpaired) electrons. The van der Waals surface area contributed by atoms with E-state index in [0.29, 0.717) is 11.1 Å². The summed E-state index contributed by atoms with van der Waals surface area (Å²) >= 11 is 0. The minimum atomic E-state index is -0.259. The number of imide groups is 1. The molecule has 0 unspecified atom stereocenters. The van der Waals surface area contributed by atoms with E-state index in [9.17, 15) is 14.4 Å². The molecule has 0 spiro atoms. The summed E-state index contributed by atoms with van der Waals surface area (Å²) in [5, 5.41) is 0. The summed E-state index contributed by atoms with van der Waals surface area (Å²) < 4.78 is 0. The molecule has 1 aromatic rings. The third-order valence-electron chi connectivity index (χ3n) is 5.70. The number of nitrogens with zero attached hydrogens (tertiary/aromatic N) is 2. The van der Waals surface area contributed by atoms with Crippen LogP contribution in [0.25, 0.3) is 5.57 Å². The third kappa shape index (κ3) is 2.49. The summed E-state index contributed by atoms with van der Waals surface area (Å²) in [6.45, 7) is 3.91. The van der Waals surface area contributed by atoms with Gasteiger partial charge in [-0.3, -0.25) is 19.3 Å². The van der Waals surface area contributed by atoms with Gasteiger partial charge in [0.05, 0.1) is 17.7 Å². The summed E-state index contributed by atoms with van der Waals surface area (Å²) in [7, 11) is 0. The van der Waals surface area contributed by atoms with Crippen molar-refractivity contribution in [3.05, 3.63) is 35.4 Å². The molecular formula is C21H24N2O3. The van der Waals surface area contributed by atoms with Crippen LogP contribution in [0.2, 0.25) is 0 Å². The fourth-order valence-electron chi connectivity index (χ4n) is 4.52. The smallest absolute Gasteiger partial charge is 0.259 e. The minimum Gasteiger partial charge on any atom is -0.305 e. The lowest BCUT2D eigenvalue weighted by molar-refractivity contribution is -0.141. The molecule has 1 saturated carbocycles. The molecule has 0 bridgehead atoms. The zero-order valence-electron chi connectivity index (χ0n) is 15.3. The van der Waals surface area contributed by atoms with Gasteiger partial charge in [-0.2, -0.15) is 0 Å². The highest BCUT2D eigenvalue weighted by Crippen LogP contribution is 2.42. The summed E-state index contributed by atoms with van der Waals surface area (Å²) in [6, 6.07) is 7.53. The maximum Gasteiger partial charge on any atom is 0.259 e. The number of hydrogen-bond donors (Lipinski definition) is 0. The van der Waals surface area contributed by atoms with Crippen molar-refractivity contribution in [1.82, 2.24) is 4.90 Å². The van der Waals surface area contributed by atoms with Gasteiger partial charge in [-0.1, -0.05) is 37.5 Å². The van der Waals surface area contributed by atoms with Gasteiger partial charge in [0.2, 0.25) is 5.91 Å². The first-order chi connectivity index (χ1) is 12.5. The Morgan fingerprint density at radius 2 is 1.65 bits per heavy atom. The fourth-order valence-corrected chi connectivity index (χ4v) is 4.52. The molecule has 1 aliphatic carbocycles. The minimum absolute atomic E-state index is 0.00481. The molecule has 26 heavy (non-hydrogen) atoms. The molecule has 1 saturated heterocycles. The van der Waals surface area contributed by atoms with Crippen LogP contribution in [0.1, 0.15) is 57.9 Å². The van der Waals surface area contributed by atoms with Gasteiger partial charge in [-0.25, -0.2) is 0 Å². The van der Waals surface area contributed by atoms with Crippen molar-refractivity contribution in [3.63, 3.8) is 0 Å². The van der Waals surface area contributed by atoms with Gasteiger partial charge in [0, 0.05) is 23.2 Å². The topological polar surface area (TPSA) is 57.7 Å². The largest absolute Gasteiger partial charge is 0.305 e. The van der Waals surface area contributed by atoms with Crippen molar-refractivity contribution >= 4 is 29.0 Å². The van der Waals surface area contributed by atoms with E-state index in [1.165, 1.54) is 4.90 Å². The first kappa shape index (κ1) is 17.0. The Hall–Kier alpha value is -2.43. The Balaban J connectivity index is 1.78. The van der Waals surface area contributed by atoms with Gasteiger partial charge in [-0.05, 0) is 32.8 Å². The molecule has 2 heterocycles. The van der Waals surface area contributed by atoms with E-state index in [1.807, 2.05) is 38.1 Å². The molecule has 0 aromatic heterocycles. The highest BCUT2D eigenvalue weighted by Gasteiger charge is 2.45. The molecule has 0 N–H and O–H groups in total. The van der Waals surface area contributed by atoms with Crippen LogP contribution in [0.4, 0.5) is 5.69 Å². The van der Waals surface area contributed by atoms with Crippen molar-refractivity contribution in [3.8, 4) is 0 Å². The zero-order chi connectivity index (χ0) is 18.4. The van der Waals surface area contributed by atoms with Gasteiger partial charge in [0.1, 0.15) is 0 Å². The maximum absolute atomic E-state index is 13.1. The lowest BCUT2D eigenvalue weighted by Crippen LogP contribution is -2.40. The number of rotatable bonds is 2.